The molecule has 17 heavy (non-hydrogen) atoms. The lowest BCUT2D eigenvalue weighted by molar-refractivity contribution is 0.976. The molecule has 0 unspecified atom stereocenters. The Morgan fingerprint density at radius 3 is 3.00 bits per heavy atom. The van der Waals surface area contributed by atoms with Gasteiger partial charge < -0.3 is 15.7 Å². The lowest BCUT2D eigenvalue weighted by Gasteiger charge is -2.00. The summed E-state index contributed by atoms with van der Waals surface area (Å²) in [6.45, 7) is 0.576. The van der Waals surface area contributed by atoms with Crippen LogP contribution in [0.4, 0.5) is 0 Å². The van der Waals surface area contributed by atoms with Crippen LogP contribution in [0.3, 0.4) is 0 Å². The molecule has 0 radical (unpaired) electrons. The van der Waals surface area contributed by atoms with E-state index in [4.69, 9.17) is 5.73 Å². The number of hydrogen-bond donors (Lipinski definition) is 3. The second kappa shape index (κ2) is 3.71. The van der Waals surface area contributed by atoms with Crippen LogP contribution in [0.15, 0.2) is 29.5 Å². The molecule has 2 aromatic heterocycles. The minimum atomic E-state index is -0.114. The molecule has 0 aliphatic carbocycles. The van der Waals surface area contributed by atoms with E-state index in [0.29, 0.717) is 11.9 Å². The van der Waals surface area contributed by atoms with E-state index in [1.54, 1.807) is 6.07 Å². The summed E-state index contributed by atoms with van der Waals surface area (Å²) < 4.78 is 0. The van der Waals surface area contributed by atoms with Gasteiger partial charge in [0.15, 0.2) is 0 Å². The Balaban J connectivity index is 2.48. The SMILES string of the molecule is NCCc1c[nH]c2ccc3c(=O)[nH]cnc3c12. The van der Waals surface area contributed by atoms with Crippen molar-refractivity contribution in [2.24, 2.45) is 5.73 Å². The van der Waals surface area contributed by atoms with Gasteiger partial charge in [-0.15, -0.1) is 0 Å². The van der Waals surface area contributed by atoms with Gasteiger partial charge in [0.05, 0.1) is 17.2 Å². The first-order valence-electron chi connectivity index (χ1n) is 5.47. The zero-order chi connectivity index (χ0) is 11.8. The summed E-state index contributed by atoms with van der Waals surface area (Å²) >= 11 is 0. The fourth-order valence-electron chi connectivity index (χ4n) is 2.18. The fourth-order valence-corrected chi connectivity index (χ4v) is 2.18. The smallest absolute Gasteiger partial charge is 0.258 e. The Kier molecular flexibility index (Phi) is 2.19. The third-order valence-corrected chi connectivity index (χ3v) is 2.95. The Bertz CT molecular complexity index is 741. The summed E-state index contributed by atoms with van der Waals surface area (Å²) in [5, 5.41) is 1.61. The van der Waals surface area contributed by atoms with E-state index in [-0.39, 0.29) is 5.56 Å². The summed E-state index contributed by atoms with van der Waals surface area (Å²) in [7, 11) is 0. The average Bonchev–Trinajstić information content (AvgIpc) is 2.74. The van der Waals surface area contributed by atoms with Gasteiger partial charge in [0.2, 0.25) is 0 Å². The molecule has 5 nitrogen and oxygen atoms in total. The molecule has 1 aromatic carbocycles. The number of nitrogens with one attached hydrogen (secondary N) is 2. The highest BCUT2D eigenvalue weighted by molar-refractivity contribution is 6.05. The first-order valence-corrected chi connectivity index (χ1v) is 5.47. The molecule has 0 amide bonds. The van der Waals surface area contributed by atoms with Gasteiger partial charge in [-0.05, 0) is 30.7 Å². The van der Waals surface area contributed by atoms with Crippen molar-refractivity contribution in [3.8, 4) is 0 Å². The highest BCUT2D eigenvalue weighted by atomic mass is 16.1. The van der Waals surface area contributed by atoms with Gasteiger partial charge in [0, 0.05) is 17.1 Å². The van der Waals surface area contributed by atoms with Gasteiger partial charge in [0.1, 0.15) is 0 Å². The Labute approximate surface area is 96.7 Å². The standard InChI is InChI=1S/C12H12N4O/c13-4-3-7-5-14-9-2-1-8-11(10(7)9)15-6-16-12(8)17/h1-2,5-6,14H,3-4,13H2,(H,15,16,17). The highest BCUT2D eigenvalue weighted by Crippen LogP contribution is 2.24. The Morgan fingerprint density at radius 2 is 2.18 bits per heavy atom. The number of nitrogens with two attached hydrogens (primary N) is 1. The van der Waals surface area contributed by atoms with Crippen LogP contribution in [0.5, 0.6) is 0 Å². The molecule has 0 atom stereocenters. The van der Waals surface area contributed by atoms with Gasteiger partial charge in [0.25, 0.3) is 5.56 Å². The van der Waals surface area contributed by atoms with Crippen molar-refractivity contribution in [2.75, 3.05) is 6.54 Å². The second-order valence-electron chi connectivity index (χ2n) is 3.97. The van der Waals surface area contributed by atoms with Gasteiger partial charge >= 0.3 is 0 Å². The number of hydrogen-bond acceptors (Lipinski definition) is 3. The zero-order valence-electron chi connectivity index (χ0n) is 9.16. The van der Waals surface area contributed by atoms with Crippen molar-refractivity contribution < 1.29 is 0 Å². The van der Waals surface area contributed by atoms with Crippen LogP contribution in [0.1, 0.15) is 5.56 Å². The number of benzene rings is 1. The lowest BCUT2D eigenvalue weighted by atomic mass is 10.1. The predicted octanol–water partition coefficient (Wildman–Crippen LogP) is 0.906. The van der Waals surface area contributed by atoms with E-state index in [0.717, 1.165) is 28.4 Å². The molecular formula is C12H12N4O. The predicted molar refractivity (Wildman–Crippen MR) is 67.0 cm³/mol. The maximum absolute atomic E-state index is 11.7. The van der Waals surface area contributed by atoms with Crippen molar-refractivity contribution in [2.45, 2.75) is 6.42 Å². The molecular weight excluding hydrogens is 216 g/mol. The summed E-state index contributed by atoms with van der Waals surface area (Å²) in [6, 6.07) is 3.68. The minimum Gasteiger partial charge on any atom is -0.361 e. The van der Waals surface area contributed by atoms with Crippen LogP contribution in [-0.2, 0) is 6.42 Å². The minimum absolute atomic E-state index is 0.114. The largest absolute Gasteiger partial charge is 0.361 e. The summed E-state index contributed by atoms with van der Waals surface area (Å²) in [6.07, 6.45) is 4.14. The number of rotatable bonds is 2. The molecule has 0 aliphatic heterocycles. The maximum Gasteiger partial charge on any atom is 0.258 e. The van der Waals surface area contributed by atoms with E-state index in [2.05, 4.69) is 15.0 Å². The van der Waals surface area contributed by atoms with E-state index in [9.17, 15) is 4.79 Å². The molecule has 0 fully saturated rings. The van der Waals surface area contributed by atoms with E-state index in [1.807, 2.05) is 12.3 Å². The molecule has 5 heteroatoms. The van der Waals surface area contributed by atoms with Crippen LogP contribution in [-0.4, -0.2) is 21.5 Å². The molecule has 4 N–H and O–H groups in total. The van der Waals surface area contributed by atoms with Crippen molar-refractivity contribution in [3.63, 3.8) is 0 Å². The van der Waals surface area contributed by atoms with Gasteiger partial charge in [-0.25, -0.2) is 4.98 Å². The molecule has 0 bridgehead atoms. The molecule has 86 valence electrons. The monoisotopic (exact) mass is 228 g/mol. The quantitative estimate of drug-likeness (QED) is 0.609. The second-order valence-corrected chi connectivity index (χ2v) is 3.97. The lowest BCUT2D eigenvalue weighted by Crippen LogP contribution is -2.06. The normalized spacial score (nSPS) is 11.4. The van der Waals surface area contributed by atoms with E-state index < -0.39 is 0 Å². The van der Waals surface area contributed by atoms with Crippen LogP contribution >= 0.6 is 0 Å². The maximum atomic E-state index is 11.7. The number of fused-ring (bicyclic) bond motifs is 3. The molecule has 3 rings (SSSR count). The molecule has 0 saturated heterocycles. The van der Waals surface area contributed by atoms with Crippen molar-refractivity contribution >= 4 is 21.8 Å². The third kappa shape index (κ3) is 1.43. The van der Waals surface area contributed by atoms with Crippen LogP contribution in [0.2, 0.25) is 0 Å². The van der Waals surface area contributed by atoms with E-state index in [1.165, 1.54) is 6.33 Å². The Morgan fingerprint density at radius 1 is 1.29 bits per heavy atom. The molecule has 3 aromatic rings. The summed E-state index contributed by atoms with van der Waals surface area (Å²) in [5.41, 5.74) is 8.29. The number of nitrogens with zero attached hydrogens (tertiary/aromatic N) is 1. The average molecular weight is 228 g/mol. The number of aromatic nitrogens is 3. The van der Waals surface area contributed by atoms with Crippen LogP contribution < -0.4 is 11.3 Å². The van der Waals surface area contributed by atoms with Crippen LogP contribution in [0.25, 0.3) is 21.8 Å². The first kappa shape index (κ1) is 10.0. The van der Waals surface area contributed by atoms with Crippen molar-refractivity contribution in [1.82, 2.24) is 15.0 Å². The molecule has 0 saturated carbocycles. The molecule has 2 heterocycles. The van der Waals surface area contributed by atoms with Gasteiger partial charge in [-0.2, -0.15) is 0 Å². The van der Waals surface area contributed by atoms with E-state index >= 15 is 0 Å². The zero-order valence-corrected chi connectivity index (χ0v) is 9.16. The Hall–Kier alpha value is -2.14. The fraction of sp³-hybridized carbons (Fsp3) is 0.167. The summed E-state index contributed by atoms with van der Waals surface area (Å²) in [4.78, 5) is 21.7. The third-order valence-electron chi connectivity index (χ3n) is 2.95. The first-order chi connectivity index (χ1) is 8.31. The van der Waals surface area contributed by atoms with Crippen molar-refractivity contribution in [3.05, 3.63) is 40.6 Å². The highest BCUT2D eigenvalue weighted by Gasteiger charge is 2.09. The number of aromatic amines is 2. The topological polar surface area (TPSA) is 87.6 Å². The number of H-pyrrole nitrogens is 2. The summed E-state index contributed by atoms with van der Waals surface area (Å²) in [5.74, 6) is 0. The molecule has 0 aliphatic rings. The van der Waals surface area contributed by atoms with Gasteiger partial charge in [-0.1, -0.05) is 0 Å². The van der Waals surface area contributed by atoms with Gasteiger partial charge in [-0.3, -0.25) is 4.79 Å². The molecule has 0 spiro atoms. The van der Waals surface area contributed by atoms with Crippen LogP contribution in [0, 0.1) is 0 Å². The van der Waals surface area contributed by atoms with Crippen molar-refractivity contribution in [1.29, 1.82) is 0 Å².